The van der Waals surface area contributed by atoms with Crippen molar-refractivity contribution in [2.75, 3.05) is 26.2 Å². The number of carbonyl (C=O) groups excluding carboxylic acids is 7. The first kappa shape index (κ1) is 49.9. The molecule has 7 amide bonds. The topological polar surface area (TPSA) is 357 Å². The van der Waals surface area contributed by atoms with E-state index >= 15 is 0 Å². The second kappa shape index (κ2) is 26.7. The summed E-state index contributed by atoms with van der Waals surface area (Å²) in [4.78, 5) is 105. The van der Waals surface area contributed by atoms with Crippen molar-refractivity contribution in [1.29, 1.82) is 0 Å². The van der Waals surface area contributed by atoms with Crippen LogP contribution in [0.15, 0.2) is 4.99 Å². The zero-order chi connectivity index (χ0) is 42.2. The van der Waals surface area contributed by atoms with Crippen molar-refractivity contribution in [2.24, 2.45) is 39.8 Å². The van der Waals surface area contributed by atoms with Gasteiger partial charge in [0.05, 0.1) is 19.1 Å². The number of carboxylic acid groups (broad SMARTS) is 1. The fraction of sp³-hybridized carbons (Fsp3) is 0.735. The van der Waals surface area contributed by atoms with Crippen molar-refractivity contribution in [3.63, 3.8) is 0 Å². The number of aliphatic carboxylic acids is 1. The van der Waals surface area contributed by atoms with Gasteiger partial charge < -0.3 is 65.3 Å². The van der Waals surface area contributed by atoms with Crippen LogP contribution < -0.4 is 60.2 Å². The standard InChI is InChI=1S/C34H64N12O9/c1-7-19(4)27(33(54)55)46-26(48)17-41-30(51)22(12-10-14-39-34(37)38)45-32(53)24(15-18(2)3)43-25(47)16-40-29(50)21(6)42-31(52)23(11-8-9-13-35)44-28(49)20(5)36/h18-24,27H,7-17,35-36H2,1-6H3,(H,40,50)(H,41,51)(H,42,52)(H,43,47)(H,44,49)(H,45,53)(H,46,48)(H,54,55)(H4,37,38,39)/t19-,20-,21-,22-,23-,24-,27-/m0/s1. The van der Waals surface area contributed by atoms with Gasteiger partial charge in [0.15, 0.2) is 5.96 Å². The molecular weight excluding hydrogens is 720 g/mol. The largest absolute Gasteiger partial charge is 0.480 e. The maximum Gasteiger partial charge on any atom is 0.326 e. The number of nitrogens with zero attached hydrogens (tertiary/aromatic N) is 1. The van der Waals surface area contributed by atoms with E-state index in [0.29, 0.717) is 25.8 Å². The Morgan fingerprint density at radius 1 is 0.655 bits per heavy atom. The lowest BCUT2D eigenvalue weighted by Crippen LogP contribution is -2.57. The summed E-state index contributed by atoms with van der Waals surface area (Å²) in [7, 11) is 0. The molecule has 0 heterocycles. The second-order valence-corrected chi connectivity index (χ2v) is 13.8. The van der Waals surface area contributed by atoms with E-state index in [4.69, 9.17) is 22.9 Å². The Balaban J connectivity index is 5.61. The smallest absolute Gasteiger partial charge is 0.326 e. The van der Waals surface area contributed by atoms with Crippen molar-refractivity contribution in [3.8, 4) is 0 Å². The molecule has 0 bridgehead atoms. The van der Waals surface area contributed by atoms with Crippen molar-refractivity contribution < 1.29 is 43.5 Å². The number of unbranched alkanes of at least 4 members (excludes halogenated alkanes) is 1. The average Bonchev–Trinajstić information content (AvgIpc) is 3.11. The van der Waals surface area contributed by atoms with E-state index in [1.165, 1.54) is 13.8 Å². The van der Waals surface area contributed by atoms with Crippen molar-refractivity contribution in [2.45, 2.75) is 123 Å². The number of hydrogen-bond acceptors (Lipinski definition) is 11. The molecular formula is C34H64N12O9. The molecule has 21 heteroatoms. The van der Waals surface area contributed by atoms with Gasteiger partial charge in [-0.05, 0) is 70.8 Å². The number of carbonyl (C=O) groups is 8. The van der Waals surface area contributed by atoms with Gasteiger partial charge in [-0.15, -0.1) is 0 Å². The highest BCUT2D eigenvalue weighted by atomic mass is 16.4. The van der Waals surface area contributed by atoms with Crippen LogP contribution in [-0.2, 0) is 38.4 Å². The monoisotopic (exact) mass is 784 g/mol. The summed E-state index contributed by atoms with van der Waals surface area (Å²) < 4.78 is 0. The first-order valence-corrected chi connectivity index (χ1v) is 18.5. The Morgan fingerprint density at radius 3 is 1.71 bits per heavy atom. The Hall–Kier alpha value is -5.05. The zero-order valence-electron chi connectivity index (χ0n) is 32.9. The van der Waals surface area contributed by atoms with Crippen LogP contribution in [0.3, 0.4) is 0 Å². The molecule has 0 aromatic rings. The summed E-state index contributed by atoms with van der Waals surface area (Å²) in [5.41, 5.74) is 21.9. The SMILES string of the molecule is CC[C@H](C)[C@H](NC(=O)CNC(=O)[C@H](CCCN=C(N)N)NC(=O)[C@H](CC(C)C)NC(=O)CNC(=O)[C@H](C)NC(=O)[C@H](CCCCN)NC(=O)[C@H](C)N)C(=O)O. The summed E-state index contributed by atoms with van der Waals surface area (Å²) >= 11 is 0. The predicted molar refractivity (Wildman–Crippen MR) is 204 cm³/mol. The van der Waals surface area contributed by atoms with Crippen LogP contribution in [-0.4, -0.2) is 121 Å². The lowest BCUT2D eigenvalue weighted by molar-refractivity contribution is -0.143. The van der Waals surface area contributed by atoms with Crippen LogP contribution in [0.1, 0.15) is 86.5 Å². The fourth-order valence-electron chi connectivity index (χ4n) is 4.96. The van der Waals surface area contributed by atoms with Gasteiger partial charge in [0, 0.05) is 6.54 Å². The molecule has 0 rings (SSSR count). The van der Waals surface area contributed by atoms with Crippen LogP contribution in [0.2, 0.25) is 0 Å². The van der Waals surface area contributed by atoms with Crippen LogP contribution >= 0.6 is 0 Å². The van der Waals surface area contributed by atoms with Gasteiger partial charge in [-0.1, -0.05) is 34.1 Å². The van der Waals surface area contributed by atoms with Crippen LogP contribution in [0.25, 0.3) is 0 Å². The Bertz CT molecular complexity index is 1320. The van der Waals surface area contributed by atoms with Crippen molar-refractivity contribution in [3.05, 3.63) is 0 Å². The molecule has 16 N–H and O–H groups in total. The third-order valence-corrected chi connectivity index (χ3v) is 8.32. The highest BCUT2D eigenvalue weighted by Crippen LogP contribution is 2.09. The minimum Gasteiger partial charge on any atom is -0.480 e. The van der Waals surface area contributed by atoms with Crippen LogP contribution in [0.4, 0.5) is 0 Å². The number of carboxylic acids is 1. The van der Waals surface area contributed by atoms with Crippen molar-refractivity contribution in [1.82, 2.24) is 37.2 Å². The predicted octanol–water partition coefficient (Wildman–Crippen LogP) is -3.63. The van der Waals surface area contributed by atoms with Crippen molar-refractivity contribution >= 4 is 53.3 Å². The molecule has 0 fully saturated rings. The van der Waals surface area contributed by atoms with E-state index in [2.05, 4.69) is 42.2 Å². The third kappa shape index (κ3) is 21.4. The molecule has 0 radical (unpaired) electrons. The van der Waals surface area contributed by atoms with Gasteiger partial charge in [-0.3, -0.25) is 38.6 Å². The molecule has 0 aliphatic rings. The van der Waals surface area contributed by atoms with E-state index in [1.54, 1.807) is 27.7 Å². The molecule has 0 aromatic carbocycles. The molecule has 0 aliphatic heterocycles. The lowest BCUT2D eigenvalue weighted by atomic mass is 9.99. The molecule has 55 heavy (non-hydrogen) atoms. The first-order chi connectivity index (χ1) is 25.7. The summed E-state index contributed by atoms with van der Waals surface area (Å²) in [5.74, 6) is -6.72. The van der Waals surface area contributed by atoms with Crippen LogP contribution in [0, 0.1) is 11.8 Å². The summed E-state index contributed by atoms with van der Waals surface area (Å²) in [6.45, 7) is 9.29. The zero-order valence-corrected chi connectivity index (χ0v) is 32.9. The molecule has 0 saturated carbocycles. The molecule has 314 valence electrons. The molecule has 0 aromatic heterocycles. The molecule has 0 aliphatic carbocycles. The van der Waals surface area contributed by atoms with Crippen LogP contribution in [0.5, 0.6) is 0 Å². The number of rotatable bonds is 27. The quantitative estimate of drug-likeness (QED) is 0.0218. The molecule has 0 unspecified atom stereocenters. The summed E-state index contributed by atoms with van der Waals surface area (Å²) in [5, 5.41) is 26.9. The summed E-state index contributed by atoms with van der Waals surface area (Å²) in [6.07, 6.45) is 2.32. The number of hydrogen-bond donors (Lipinski definition) is 12. The van der Waals surface area contributed by atoms with Gasteiger partial charge >= 0.3 is 5.97 Å². The highest BCUT2D eigenvalue weighted by molar-refractivity contribution is 5.96. The van der Waals surface area contributed by atoms with E-state index in [9.17, 15) is 43.5 Å². The maximum atomic E-state index is 13.5. The normalized spacial score (nSPS) is 14.7. The van der Waals surface area contributed by atoms with Gasteiger partial charge in [0.2, 0.25) is 41.4 Å². The Labute approximate surface area is 322 Å². The average molecular weight is 785 g/mol. The van der Waals surface area contributed by atoms with Gasteiger partial charge in [-0.2, -0.15) is 0 Å². The number of nitrogens with one attached hydrogen (secondary N) is 7. The molecule has 0 spiro atoms. The minimum atomic E-state index is -1.22. The van der Waals surface area contributed by atoms with E-state index in [0.717, 1.165) is 0 Å². The summed E-state index contributed by atoms with van der Waals surface area (Å²) in [6, 6.07) is -6.45. The third-order valence-electron chi connectivity index (χ3n) is 8.32. The first-order valence-electron chi connectivity index (χ1n) is 18.5. The number of guanidine groups is 1. The number of aliphatic imine (C=N–C) groups is 1. The van der Waals surface area contributed by atoms with Gasteiger partial charge in [0.1, 0.15) is 30.2 Å². The van der Waals surface area contributed by atoms with Gasteiger partial charge in [-0.25, -0.2) is 4.79 Å². The lowest BCUT2D eigenvalue weighted by Gasteiger charge is -2.25. The molecule has 21 nitrogen and oxygen atoms in total. The Kier molecular flexibility index (Phi) is 24.2. The number of amides is 7. The molecule has 0 saturated heterocycles. The molecule has 7 atom stereocenters. The van der Waals surface area contributed by atoms with E-state index in [-0.39, 0.29) is 50.0 Å². The van der Waals surface area contributed by atoms with E-state index < -0.39 is 96.7 Å². The highest BCUT2D eigenvalue weighted by Gasteiger charge is 2.30. The second-order valence-electron chi connectivity index (χ2n) is 13.8. The fourth-order valence-corrected chi connectivity index (χ4v) is 4.96. The number of nitrogens with two attached hydrogens (primary N) is 4. The van der Waals surface area contributed by atoms with Gasteiger partial charge in [0.25, 0.3) is 0 Å². The Morgan fingerprint density at radius 2 is 1.18 bits per heavy atom. The maximum absolute atomic E-state index is 13.5. The van der Waals surface area contributed by atoms with E-state index in [1.807, 2.05) is 0 Å². The minimum absolute atomic E-state index is 0.0331.